The van der Waals surface area contributed by atoms with E-state index in [4.69, 9.17) is 5.73 Å². The van der Waals surface area contributed by atoms with E-state index >= 15 is 0 Å². The zero-order valence-corrected chi connectivity index (χ0v) is 15.1. The maximum Gasteiger partial charge on any atom is 1.00 e. The molecule has 88 valence electrons. The molecule has 0 radical (unpaired) electrons. The number of rotatable bonds is 0. The number of amides is 3. The Kier molecular flexibility index (Phi) is 3.97. The van der Waals surface area contributed by atoms with E-state index in [1.165, 1.54) is 5.56 Å². The van der Waals surface area contributed by atoms with Crippen molar-refractivity contribution in [1.82, 2.24) is 10.6 Å². The molecule has 0 saturated carbocycles. The van der Waals surface area contributed by atoms with Crippen molar-refractivity contribution >= 4 is 17.6 Å². The number of urea groups is 1. The van der Waals surface area contributed by atoms with Crippen molar-refractivity contribution in [3.63, 3.8) is 0 Å². The molecule has 1 saturated heterocycles. The minimum absolute atomic E-state index is 0. The van der Waals surface area contributed by atoms with Gasteiger partial charge >= 0.3 is 64.2 Å². The Labute approximate surface area is 154 Å². The molecule has 6 heteroatoms. The molecular weight excluding hydrogens is 304 g/mol. The first-order chi connectivity index (χ1) is 8.09. The molecule has 1 aliphatic heterocycles. The van der Waals surface area contributed by atoms with Gasteiger partial charge in [0.15, 0.2) is 0 Å². The molecule has 1 fully saturated rings. The van der Waals surface area contributed by atoms with Crippen molar-refractivity contribution in [3.05, 3.63) is 35.1 Å². The minimum Gasteiger partial charge on any atom is -0.699 e. The summed E-state index contributed by atoms with van der Waals surface area (Å²) >= 11 is 0. The maximum atomic E-state index is 11.8. The average molecular weight is 316 g/mol. The second-order valence-corrected chi connectivity index (χ2v) is 4.65. The third-order valence-corrected chi connectivity index (χ3v) is 3.53. The Bertz CT molecular complexity index is 532. The summed E-state index contributed by atoms with van der Waals surface area (Å²) in [5.74, 6) is -0.247. The third-order valence-electron chi connectivity index (χ3n) is 3.53. The van der Waals surface area contributed by atoms with E-state index in [0.717, 1.165) is 12.0 Å². The fourth-order valence-corrected chi connectivity index (χ4v) is 2.62. The van der Waals surface area contributed by atoms with Gasteiger partial charge in [0, 0.05) is 6.42 Å². The predicted molar refractivity (Wildman–Crippen MR) is 61.9 cm³/mol. The van der Waals surface area contributed by atoms with Gasteiger partial charge in [0.1, 0.15) is 5.54 Å². The van der Waals surface area contributed by atoms with Gasteiger partial charge in [-0.1, -0.05) is 18.2 Å². The summed E-state index contributed by atoms with van der Waals surface area (Å²) in [7, 11) is 0. The molecule has 1 unspecified atom stereocenters. The molecule has 1 heterocycles. The van der Waals surface area contributed by atoms with Gasteiger partial charge in [0.05, 0.1) is 0 Å². The van der Waals surface area contributed by atoms with E-state index in [2.05, 4.69) is 10.6 Å². The molecule has 3 amide bonds. The topological polar surface area (TPSA) is 82.0 Å². The Morgan fingerprint density at radius 3 is 2.67 bits per heavy atom. The molecule has 3 rings (SSSR count). The molecule has 1 aliphatic carbocycles. The number of carbonyl (C=O) groups is 2. The van der Waals surface area contributed by atoms with Crippen LogP contribution in [0.5, 0.6) is 0 Å². The molecular formula is C12H12N3O2Rb. The number of benzene rings is 1. The smallest absolute Gasteiger partial charge is 0.699 e. The molecule has 2 aliphatic rings. The second-order valence-electron chi connectivity index (χ2n) is 4.65. The van der Waals surface area contributed by atoms with E-state index in [1.54, 1.807) is 12.1 Å². The zero-order valence-electron chi connectivity index (χ0n) is 10.2. The number of nitrogens with one attached hydrogen (secondary N) is 3. The zero-order chi connectivity index (χ0) is 12.0. The molecule has 0 aromatic heterocycles. The van der Waals surface area contributed by atoms with E-state index in [-0.39, 0.29) is 64.1 Å². The average Bonchev–Trinajstić information content (AvgIpc) is 2.53. The van der Waals surface area contributed by atoms with Crippen LogP contribution in [0.2, 0.25) is 0 Å². The van der Waals surface area contributed by atoms with Gasteiger partial charge in [0.25, 0.3) is 5.91 Å². The second kappa shape index (κ2) is 5.04. The molecule has 3 N–H and O–H groups in total. The third kappa shape index (κ3) is 2.29. The molecule has 18 heavy (non-hydrogen) atoms. The van der Waals surface area contributed by atoms with Crippen molar-refractivity contribution in [2.45, 2.75) is 24.8 Å². The number of carbonyl (C=O) groups excluding carboxylic acids is 2. The minimum atomic E-state index is -0.794. The summed E-state index contributed by atoms with van der Waals surface area (Å²) in [5.41, 5.74) is 9.39. The molecule has 1 spiro atoms. The first kappa shape index (κ1) is 14.2. The largest absolute Gasteiger partial charge is 1.00 e. The van der Waals surface area contributed by atoms with Crippen LogP contribution in [0, 0.1) is 0 Å². The van der Waals surface area contributed by atoms with Crippen LogP contribution >= 0.6 is 0 Å². The number of hydrogen-bond acceptors (Lipinski definition) is 2. The van der Waals surface area contributed by atoms with Crippen molar-refractivity contribution in [1.29, 1.82) is 0 Å². The summed E-state index contributed by atoms with van der Waals surface area (Å²) in [4.78, 5) is 23.0. The monoisotopic (exact) mass is 315 g/mol. The molecule has 1 aromatic rings. The van der Waals surface area contributed by atoms with Crippen molar-refractivity contribution in [3.8, 4) is 0 Å². The maximum absolute atomic E-state index is 11.8. The summed E-state index contributed by atoms with van der Waals surface area (Å²) in [5, 5.41) is 5.01. The van der Waals surface area contributed by atoms with Crippen LogP contribution in [0.15, 0.2) is 18.2 Å². The Morgan fingerprint density at radius 2 is 2.00 bits per heavy atom. The van der Waals surface area contributed by atoms with E-state index in [0.29, 0.717) is 18.5 Å². The number of imide groups is 1. The van der Waals surface area contributed by atoms with Gasteiger partial charge in [0.2, 0.25) is 0 Å². The van der Waals surface area contributed by atoms with E-state index in [9.17, 15) is 9.59 Å². The van der Waals surface area contributed by atoms with Gasteiger partial charge in [-0.15, -0.1) is 5.69 Å². The quantitative estimate of drug-likeness (QED) is 0.568. The first-order valence-electron chi connectivity index (χ1n) is 5.56. The van der Waals surface area contributed by atoms with Crippen molar-refractivity contribution in [2.24, 2.45) is 0 Å². The van der Waals surface area contributed by atoms with Crippen molar-refractivity contribution in [2.75, 3.05) is 0 Å². The van der Waals surface area contributed by atoms with Crippen LogP contribution in [-0.4, -0.2) is 17.5 Å². The van der Waals surface area contributed by atoms with Gasteiger partial charge in [-0.25, -0.2) is 4.79 Å². The summed E-state index contributed by atoms with van der Waals surface area (Å²) in [6.07, 6.45) is 1.85. The molecule has 1 aromatic carbocycles. The summed E-state index contributed by atoms with van der Waals surface area (Å²) in [6.45, 7) is 0. The van der Waals surface area contributed by atoms with Crippen LogP contribution in [-0.2, 0) is 17.6 Å². The number of fused-ring (bicyclic) bond motifs is 1. The van der Waals surface area contributed by atoms with Gasteiger partial charge in [-0.05, 0) is 24.0 Å². The van der Waals surface area contributed by atoms with E-state index in [1.807, 2.05) is 6.07 Å². The normalized spacial score (nSPS) is 25.1. The Balaban J connectivity index is 0.00000120. The first-order valence-corrected chi connectivity index (χ1v) is 5.56. The van der Waals surface area contributed by atoms with E-state index < -0.39 is 11.6 Å². The van der Waals surface area contributed by atoms with Gasteiger partial charge < -0.3 is 11.1 Å². The number of hydrogen-bond donors (Lipinski definition) is 2. The standard InChI is InChI=1S/C12H12N3O2.Rb/c13-9-2-1-7-3-4-12(6-8(7)5-9)10(16)14-11(17)15-12;/h1-2,5,13H,3-4,6H2,(H2,14,15,16,17);/q-1;+1. The van der Waals surface area contributed by atoms with Crippen LogP contribution in [0.25, 0.3) is 5.73 Å². The van der Waals surface area contributed by atoms with Gasteiger partial charge in [-0.3, -0.25) is 10.1 Å². The van der Waals surface area contributed by atoms with Crippen LogP contribution in [0.1, 0.15) is 17.5 Å². The van der Waals surface area contributed by atoms with Crippen molar-refractivity contribution < 1.29 is 67.8 Å². The van der Waals surface area contributed by atoms with Crippen LogP contribution in [0.4, 0.5) is 10.5 Å². The summed E-state index contributed by atoms with van der Waals surface area (Å²) in [6, 6.07) is 5.04. The van der Waals surface area contributed by atoms with Crippen LogP contribution < -0.4 is 68.8 Å². The molecule has 0 bridgehead atoms. The molecule has 1 atom stereocenters. The fourth-order valence-electron chi connectivity index (χ4n) is 2.62. The fraction of sp³-hybridized carbons (Fsp3) is 0.333. The van der Waals surface area contributed by atoms with Crippen LogP contribution in [0.3, 0.4) is 0 Å². The Morgan fingerprint density at radius 1 is 1.22 bits per heavy atom. The predicted octanol–water partition coefficient (Wildman–Crippen LogP) is -1.56. The summed E-state index contributed by atoms with van der Waals surface area (Å²) < 4.78 is 0. The Hall–Kier alpha value is -0.235. The number of aryl methyl sites for hydroxylation is 1. The SMILES string of the molecule is [NH-]c1ccc2c(c1)CC1(CC2)NC(=O)NC1=O.[Rb+]. The van der Waals surface area contributed by atoms with Gasteiger partial charge in [-0.2, -0.15) is 0 Å². The molecule has 5 nitrogen and oxygen atoms in total.